The van der Waals surface area contributed by atoms with Crippen LogP contribution in [-0.4, -0.2) is 20.3 Å². The third-order valence-electron chi connectivity index (χ3n) is 2.86. The Hall–Kier alpha value is -2.20. The lowest BCUT2D eigenvalue weighted by Gasteiger charge is -2.11. The molecule has 4 nitrogen and oxygen atoms in total. The van der Waals surface area contributed by atoms with Crippen LogP contribution in [0.5, 0.6) is 17.2 Å². The number of rotatable bonds is 7. The summed E-state index contributed by atoms with van der Waals surface area (Å²) in [5.41, 5.74) is 6.65. The third kappa shape index (κ3) is 3.90. The third-order valence-corrected chi connectivity index (χ3v) is 2.86. The minimum absolute atomic E-state index is 0.468. The number of ether oxygens (including phenoxy) is 3. The van der Waals surface area contributed by atoms with E-state index in [4.69, 9.17) is 19.9 Å². The topological polar surface area (TPSA) is 53.7 Å². The predicted molar refractivity (Wildman–Crippen MR) is 78.3 cm³/mol. The maximum Gasteiger partial charge on any atom is 0.123 e. The molecular weight excluding hydrogens is 254 g/mol. The second-order valence-electron chi connectivity index (χ2n) is 4.18. The van der Waals surface area contributed by atoms with Crippen LogP contribution in [0.1, 0.15) is 5.56 Å². The van der Waals surface area contributed by atoms with E-state index in [1.54, 1.807) is 7.11 Å². The molecule has 0 spiro atoms. The Bertz CT molecular complexity index is 526. The molecule has 4 heteroatoms. The molecule has 0 atom stereocenters. The van der Waals surface area contributed by atoms with E-state index in [2.05, 4.69) is 0 Å². The van der Waals surface area contributed by atoms with Crippen LogP contribution < -0.4 is 19.9 Å². The number of hydrogen-bond acceptors (Lipinski definition) is 4. The molecule has 106 valence electrons. The van der Waals surface area contributed by atoms with E-state index in [-0.39, 0.29) is 0 Å². The number of methoxy groups -OCH3 is 1. The van der Waals surface area contributed by atoms with E-state index in [1.807, 2.05) is 48.5 Å². The first kappa shape index (κ1) is 14.2. The smallest absolute Gasteiger partial charge is 0.123 e. The Balaban J connectivity index is 1.78. The average Bonchev–Trinajstić information content (AvgIpc) is 2.52. The lowest BCUT2D eigenvalue weighted by Crippen LogP contribution is -2.10. The van der Waals surface area contributed by atoms with E-state index in [1.165, 1.54) is 0 Å². The molecule has 0 amide bonds. The molecule has 20 heavy (non-hydrogen) atoms. The van der Waals surface area contributed by atoms with Gasteiger partial charge in [0, 0.05) is 12.1 Å². The molecule has 0 aliphatic rings. The second kappa shape index (κ2) is 7.40. The van der Waals surface area contributed by atoms with Crippen LogP contribution in [0.3, 0.4) is 0 Å². The standard InChI is InChI=1S/C16H19NO3/c1-18-14-6-8-15(9-7-14)19-10-11-20-16-5-3-2-4-13(16)12-17/h2-9H,10-12,17H2,1H3. The van der Waals surface area contributed by atoms with Gasteiger partial charge in [0.05, 0.1) is 7.11 Å². The number of benzene rings is 2. The molecule has 0 fully saturated rings. The second-order valence-corrected chi connectivity index (χ2v) is 4.18. The van der Waals surface area contributed by atoms with Gasteiger partial charge in [-0.1, -0.05) is 18.2 Å². The first-order valence-electron chi connectivity index (χ1n) is 6.51. The van der Waals surface area contributed by atoms with Crippen LogP contribution in [0.2, 0.25) is 0 Å². The minimum Gasteiger partial charge on any atom is -0.497 e. The van der Waals surface area contributed by atoms with Gasteiger partial charge in [0.15, 0.2) is 0 Å². The number of para-hydroxylation sites is 1. The van der Waals surface area contributed by atoms with Gasteiger partial charge < -0.3 is 19.9 Å². The first-order valence-corrected chi connectivity index (χ1v) is 6.51. The van der Waals surface area contributed by atoms with Crippen LogP contribution in [-0.2, 0) is 6.54 Å². The van der Waals surface area contributed by atoms with Gasteiger partial charge in [0.25, 0.3) is 0 Å². The maximum atomic E-state index is 5.66. The van der Waals surface area contributed by atoms with Gasteiger partial charge in [-0.25, -0.2) is 0 Å². The maximum absolute atomic E-state index is 5.66. The molecule has 2 N–H and O–H groups in total. The first-order chi connectivity index (χ1) is 9.83. The lowest BCUT2D eigenvalue weighted by molar-refractivity contribution is 0.216. The quantitative estimate of drug-likeness (QED) is 0.788. The zero-order chi connectivity index (χ0) is 14.2. The SMILES string of the molecule is COc1ccc(OCCOc2ccccc2CN)cc1. The highest BCUT2D eigenvalue weighted by Gasteiger charge is 2.01. The summed E-state index contributed by atoms with van der Waals surface area (Å²) < 4.78 is 16.3. The minimum atomic E-state index is 0.468. The van der Waals surface area contributed by atoms with Crippen molar-refractivity contribution in [3.8, 4) is 17.2 Å². The molecule has 0 radical (unpaired) electrons. The predicted octanol–water partition coefficient (Wildman–Crippen LogP) is 2.61. The summed E-state index contributed by atoms with van der Waals surface area (Å²) in [5, 5.41) is 0. The van der Waals surface area contributed by atoms with E-state index >= 15 is 0 Å². The van der Waals surface area contributed by atoms with Gasteiger partial charge in [-0.05, 0) is 30.3 Å². The van der Waals surface area contributed by atoms with Crippen molar-refractivity contribution >= 4 is 0 Å². The van der Waals surface area contributed by atoms with Gasteiger partial charge in [-0.2, -0.15) is 0 Å². The van der Waals surface area contributed by atoms with Crippen LogP contribution in [0, 0.1) is 0 Å². The summed E-state index contributed by atoms with van der Waals surface area (Å²) in [7, 11) is 1.64. The van der Waals surface area contributed by atoms with Crippen molar-refractivity contribution in [2.24, 2.45) is 5.73 Å². The van der Waals surface area contributed by atoms with Gasteiger partial charge in [0.1, 0.15) is 30.5 Å². The van der Waals surface area contributed by atoms with Crippen molar-refractivity contribution in [3.05, 3.63) is 54.1 Å². The molecule has 0 saturated heterocycles. The fourth-order valence-corrected chi connectivity index (χ4v) is 1.80. The highest BCUT2D eigenvalue weighted by atomic mass is 16.5. The summed E-state index contributed by atoms with van der Waals surface area (Å²) in [6, 6.07) is 15.2. The van der Waals surface area contributed by atoms with Gasteiger partial charge in [0.2, 0.25) is 0 Å². The Labute approximate surface area is 119 Å². The molecule has 0 aromatic heterocycles. The van der Waals surface area contributed by atoms with Gasteiger partial charge >= 0.3 is 0 Å². The summed E-state index contributed by atoms with van der Waals surface area (Å²) >= 11 is 0. The summed E-state index contributed by atoms with van der Waals surface area (Å²) in [6.45, 7) is 1.42. The average molecular weight is 273 g/mol. The monoisotopic (exact) mass is 273 g/mol. The van der Waals surface area contributed by atoms with Crippen LogP contribution in [0.4, 0.5) is 0 Å². The van der Waals surface area contributed by atoms with Crippen molar-refractivity contribution < 1.29 is 14.2 Å². The van der Waals surface area contributed by atoms with Gasteiger partial charge in [-0.15, -0.1) is 0 Å². The summed E-state index contributed by atoms with van der Waals surface area (Å²) in [5.74, 6) is 2.42. The van der Waals surface area contributed by atoms with Crippen LogP contribution >= 0.6 is 0 Å². The zero-order valence-electron chi connectivity index (χ0n) is 11.5. The molecule has 0 heterocycles. The molecule has 0 unspecified atom stereocenters. The molecule has 0 aliphatic carbocycles. The van der Waals surface area contributed by atoms with E-state index in [0.29, 0.717) is 19.8 Å². The van der Waals surface area contributed by atoms with Gasteiger partial charge in [-0.3, -0.25) is 0 Å². The highest BCUT2D eigenvalue weighted by Crippen LogP contribution is 2.18. The Morgan fingerprint density at radius 1 is 0.850 bits per heavy atom. The molecule has 2 aromatic carbocycles. The number of hydrogen-bond donors (Lipinski definition) is 1. The summed E-state index contributed by atoms with van der Waals surface area (Å²) in [4.78, 5) is 0. The fraction of sp³-hybridized carbons (Fsp3) is 0.250. The van der Waals surface area contributed by atoms with E-state index in [9.17, 15) is 0 Å². The molecule has 0 aliphatic heterocycles. The normalized spacial score (nSPS) is 10.1. The zero-order valence-corrected chi connectivity index (χ0v) is 11.5. The van der Waals surface area contributed by atoms with E-state index in [0.717, 1.165) is 22.8 Å². The molecule has 2 rings (SSSR count). The molecular formula is C16H19NO3. The fourth-order valence-electron chi connectivity index (χ4n) is 1.80. The Morgan fingerprint density at radius 2 is 1.50 bits per heavy atom. The Morgan fingerprint density at radius 3 is 2.20 bits per heavy atom. The van der Waals surface area contributed by atoms with Crippen molar-refractivity contribution in [1.82, 2.24) is 0 Å². The van der Waals surface area contributed by atoms with Crippen molar-refractivity contribution in [2.75, 3.05) is 20.3 Å². The molecule has 0 bridgehead atoms. The number of nitrogens with two attached hydrogens (primary N) is 1. The van der Waals surface area contributed by atoms with Crippen molar-refractivity contribution in [1.29, 1.82) is 0 Å². The van der Waals surface area contributed by atoms with Crippen molar-refractivity contribution in [3.63, 3.8) is 0 Å². The molecule has 0 saturated carbocycles. The summed E-state index contributed by atoms with van der Waals surface area (Å²) in [6.07, 6.45) is 0. The highest BCUT2D eigenvalue weighted by molar-refractivity contribution is 5.33. The van der Waals surface area contributed by atoms with Crippen LogP contribution in [0.25, 0.3) is 0 Å². The van der Waals surface area contributed by atoms with E-state index < -0.39 is 0 Å². The van der Waals surface area contributed by atoms with Crippen LogP contribution in [0.15, 0.2) is 48.5 Å². The lowest BCUT2D eigenvalue weighted by atomic mass is 10.2. The largest absolute Gasteiger partial charge is 0.497 e. The molecule has 2 aromatic rings. The van der Waals surface area contributed by atoms with Crippen molar-refractivity contribution in [2.45, 2.75) is 6.54 Å². The Kier molecular flexibility index (Phi) is 5.26.